The van der Waals surface area contributed by atoms with Crippen LogP contribution in [0.25, 0.3) is 0 Å². The van der Waals surface area contributed by atoms with E-state index in [-0.39, 0.29) is 15.5 Å². The molecule has 0 amide bonds. The van der Waals surface area contributed by atoms with Gasteiger partial charge in [-0.15, -0.1) is 0 Å². The Labute approximate surface area is 201 Å². The minimum absolute atomic E-state index is 0.272. The largest absolute Gasteiger partial charge is 0.447 e. The van der Waals surface area contributed by atoms with Gasteiger partial charge in [0.1, 0.15) is 5.82 Å². The van der Waals surface area contributed by atoms with Gasteiger partial charge in [0, 0.05) is 30.7 Å². The van der Waals surface area contributed by atoms with Crippen LogP contribution in [0, 0.1) is 37.7 Å². The standard InChI is InChI=1S/C13H9F2NO5S.C7H6FNO4S/c1-22(19,20)9-3-5-13(11(7-9)16(17)18)21-12-4-2-8(14)6-10(12)15;1-14(12,13)5-2-3-6(8)7(4-5)9(10)11/h2-7H,1H3;2-4H,1H3. The molecule has 0 saturated carbocycles. The van der Waals surface area contributed by atoms with Crippen LogP contribution in [0.5, 0.6) is 11.5 Å². The Hall–Kier alpha value is -4.05. The van der Waals surface area contributed by atoms with E-state index in [1.54, 1.807) is 0 Å². The average Bonchev–Trinajstić information content (AvgIpc) is 2.74. The van der Waals surface area contributed by atoms with Crippen LogP contribution in [0.15, 0.2) is 64.4 Å². The lowest BCUT2D eigenvalue weighted by Crippen LogP contribution is -2.00. The summed E-state index contributed by atoms with van der Waals surface area (Å²) in [6.45, 7) is 0. The number of benzene rings is 3. The second-order valence-electron chi connectivity index (χ2n) is 6.98. The molecule has 0 aromatic heterocycles. The first kappa shape index (κ1) is 28.2. The van der Waals surface area contributed by atoms with Gasteiger partial charge in [-0.2, -0.15) is 4.39 Å². The number of rotatable bonds is 6. The summed E-state index contributed by atoms with van der Waals surface area (Å²) in [6, 6.07) is 7.85. The fourth-order valence-electron chi connectivity index (χ4n) is 2.50. The number of hydrogen-bond acceptors (Lipinski definition) is 9. The summed E-state index contributed by atoms with van der Waals surface area (Å²) in [5, 5.41) is 21.3. The van der Waals surface area contributed by atoms with Crippen molar-refractivity contribution < 1.29 is 44.6 Å². The monoisotopic (exact) mass is 548 g/mol. The van der Waals surface area contributed by atoms with Crippen LogP contribution in [0.3, 0.4) is 0 Å². The molecule has 3 rings (SSSR count). The molecular weight excluding hydrogens is 533 g/mol. The maximum atomic E-state index is 13.5. The Bertz CT molecular complexity index is 1560. The summed E-state index contributed by atoms with van der Waals surface area (Å²) in [6.07, 6.45) is 1.79. The molecule has 36 heavy (non-hydrogen) atoms. The maximum Gasteiger partial charge on any atom is 0.312 e. The van der Waals surface area contributed by atoms with Crippen LogP contribution in [0.4, 0.5) is 24.5 Å². The van der Waals surface area contributed by atoms with Crippen molar-refractivity contribution in [1.29, 1.82) is 0 Å². The highest BCUT2D eigenvalue weighted by Crippen LogP contribution is 2.34. The smallest absolute Gasteiger partial charge is 0.312 e. The number of nitro groups is 2. The summed E-state index contributed by atoms with van der Waals surface area (Å²) in [4.78, 5) is 18.9. The Balaban J connectivity index is 0.000000281. The van der Waals surface area contributed by atoms with E-state index in [9.17, 15) is 50.2 Å². The van der Waals surface area contributed by atoms with Crippen LogP contribution >= 0.6 is 0 Å². The van der Waals surface area contributed by atoms with E-state index in [0.29, 0.717) is 12.1 Å². The van der Waals surface area contributed by atoms with Gasteiger partial charge in [0.05, 0.1) is 19.6 Å². The van der Waals surface area contributed by atoms with E-state index in [1.165, 1.54) is 0 Å². The van der Waals surface area contributed by atoms with Crippen LogP contribution in [-0.4, -0.2) is 39.2 Å². The van der Waals surface area contributed by atoms with E-state index in [4.69, 9.17) is 4.74 Å². The van der Waals surface area contributed by atoms with Crippen LogP contribution < -0.4 is 4.74 Å². The SMILES string of the molecule is CS(=O)(=O)c1ccc(F)c([N+](=O)[O-])c1.CS(=O)(=O)c1ccc(Oc2ccc(F)cc2F)c([N+](=O)[O-])c1. The van der Waals surface area contributed by atoms with Crippen molar-refractivity contribution in [2.24, 2.45) is 0 Å². The third-order valence-electron chi connectivity index (χ3n) is 4.21. The highest BCUT2D eigenvalue weighted by Gasteiger charge is 2.21. The number of sulfone groups is 2. The van der Waals surface area contributed by atoms with Gasteiger partial charge in [0.2, 0.25) is 11.6 Å². The highest BCUT2D eigenvalue weighted by atomic mass is 32.2. The second-order valence-corrected chi connectivity index (χ2v) is 11.0. The molecule has 0 aliphatic heterocycles. The molecule has 0 bridgehead atoms. The van der Waals surface area contributed by atoms with Crippen molar-refractivity contribution in [3.05, 3.63) is 92.3 Å². The van der Waals surface area contributed by atoms with Gasteiger partial charge in [-0.25, -0.2) is 25.6 Å². The predicted molar refractivity (Wildman–Crippen MR) is 119 cm³/mol. The number of ether oxygens (including phenoxy) is 1. The van der Waals surface area contributed by atoms with Crippen LogP contribution in [0.2, 0.25) is 0 Å². The Morgan fingerprint density at radius 1 is 0.667 bits per heavy atom. The topological polar surface area (TPSA) is 164 Å². The van der Waals surface area contributed by atoms with E-state index < -0.39 is 64.1 Å². The van der Waals surface area contributed by atoms with Gasteiger partial charge >= 0.3 is 11.4 Å². The summed E-state index contributed by atoms with van der Waals surface area (Å²) < 4.78 is 88.9. The third kappa shape index (κ3) is 7.22. The zero-order chi connectivity index (χ0) is 27.4. The van der Waals surface area contributed by atoms with E-state index in [2.05, 4.69) is 0 Å². The Morgan fingerprint density at radius 2 is 1.14 bits per heavy atom. The number of nitrogens with zero attached hydrogens (tertiary/aromatic N) is 2. The first-order valence-corrected chi connectivity index (χ1v) is 13.0. The van der Waals surface area contributed by atoms with Gasteiger partial charge in [0.15, 0.2) is 31.2 Å². The lowest BCUT2D eigenvalue weighted by Gasteiger charge is -2.08. The number of hydrogen-bond donors (Lipinski definition) is 0. The first-order valence-electron chi connectivity index (χ1n) is 9.26. The molecule has 11 nitrogen and oxygen atoms in total. The molecule has 0 fully saturated rings. The minimum Gasteiger partial charge on any atom is -0.447 e. The molecule has 0 unspecified atom stereocenters. The molecule has 0 heterocycles. The fourth-order valence-corrected chi connectivity index (χ4v) is 3.78. The molecule has 0 radical (unpaired) electrons. The summed E-state index contributed by atoms with van der Waals surface area (Å²) in [5.74, 6) is -3.70. The van der Waals surface area contributed by atoms with Crippen molar-refractivity contribution in [2.75, 3.05) is 12.5 Å². The van der Waals surface area contributed by atoms with Crippen molar-refractivity contribution in [1.82, 2.24) is 0 Å². The normalized spacial score (nSPS) is 11.2. The van der Waals surface area contributed by atoms with Gasteiger partial charge in [-0.3, -0.25) is 20.2 Å². The lowest BCUT2D eigenvalue weighted by molar-refractivity contribution is -0.387. The van der Waals surface area contributed by atoms with Crippen molar-refractivity contribution in [3.63, 3.8) is 0 Å². The average molecular weight is 548 g/mol. The second kappa shape index (κ2) is 10.7. The quantitative estimate of drug-likeness (QED) is 0.249. The van der Waals surface area contributed by atoms with E-state index >= 15 is 0 Å². The highest BCUT2D eigenvalue weighted by molar-refractivity contribution is 7.91. The summed E-state index contributed by atoms with van der Waals surface area (Å²) in [7, 11) is -7.19. The van der Waals surface area contributed by atoms with Crippen molar-refractivity contribution in [3.8, 4) is 11.5 Å². The summed E-state index contributed by atoms with van der Waals surface area (Å²) in [5.41, 5.74) is -1.49. The number of nitro benzene ring substituents is 2. The van der Waals surface area contributed by atoms with Crippen LogP contribution in [0.1, 0.15) is 0 Å². The molecule has 0 N–H and O–H groups in total. The Kier molecular flexibility index (Phi) is 8.37. The summed E-state index contributed by atoms with van der Waals surface area (Å²) >= 11 is 0. The first-order chi connectivity index (χ1) is 16.5. The minimum atomic E-state index is -3.65. The molecule has 0 spiro atoms. The van der Waals surface area contributed by atoms with Crippen molar-refractivity contribution >= 4 is 31.0 Å². The maximum absolute atomic E-state index is 13.5. The van der Waals surface area contributed by atoms with Gasteiger partial charge in [0.25, 0.3) is 0 Å². The molecule has 3 aromatic rings. The van der Waals surface area contributed by atoms with E-state index in [1.807, 2.05) is 0 Å². The third-order valence-corrected chi connectivity index (χ3v) is 6.43. The molecule has 0 atom stereocenters. The van der Waals surface area contributed by atoms with Crippen LogP contribution in [-0.2, 0) is 19.7 Å². The van der Waals surface area contributed by atoms with Crippen molar-refractivity contribution in [2.45, 2.75) is 9.79 Å². The molecule has 0 aliphatic carbocycles. The zero-order valence-corrected chi connectivity index (χ0v) is 19.8. The van der Waals surface area contributed by atoms with Gasteiger partial charge < -0.3 is 4.74 Å². The van der Waals surface area contributed by atoms with E-state index in [0.717, 1.165) is 55.0 Å². The van der Waals surface area contributed by atoms with Gasteiger partial charge in [-0.1, -0.05) is 0 Å². The molecule has 192 valence electrons. The molecule has 0 aliphatic rings. The zero-order valence-electron chi connectivity index (χ0n) is 18.2. The molecule has 3 aromatic carbocycles. The molecular formula is C20H15F3N2O9S2. The predicted octanol–water partition coefficient (Wildman–Crippen LogP) is 4.21. The Morgan fingerprint density at radius 3 is 1.61 bits per heavy atom. The molecule has 0 saturated heterocycles. The number of halogens is 3. The fraction of sp³-hybridized carbons (Fsp3) is 0.100. The van der Waals surface area contributed by atoms with Gasteiger partial charge in [-0.05, 0) is 36.4 Å². The lowest BCUT2D eigenvalue weighted by atomic mass is 10.3. The molecule has 16 heteroatoms.